The predicted octanol–water partition coefficient (Wildman–Crippen LogP) is 2.29. The summed E-state index contributed by atoms with van der Waals surface area (Å²) in [5, 5.41) is 68.4. The van der Waals surface area contributed by atoms with Crippen molar-refractivity contribution < 1.29 is 95.0 Å². The van der Waals surface area contributed by atoms with Crippen molar-refractivity contribution in [3.63, 3.8) is 0 Å². The molecule has 2 radical (unpaired) electrons. The molecule has 0 amide bonds. The van der Waals surface area contributed by atoms with Crippen LogP contribution in [0.2, 0.25) is 0 Å². The molecular formula is C24H30CuDyN5O14. The number of nitrogens with zero attached hydrogens (tertiary/aromatic N) is 5. The smallest absolute Gasteiger partial charge is 0.870 e. The van der Waals surface area contributed by atoms with E-state index in [1.165, 1.54) is 28.1 Å². The van der Waals surface area contributed by atoms with Gasteiger partial charge in [0, 0.05) is 30.9 Å². The van der Waals surface area contributed by atoms with E-state index in [0.29, 0.717) is 35.7 Å². The first-order valence-corrected chi connectivity index (χ1v) is 11.4. The summed E-state index contributed by atoms with van der Waals surface area (Å²) in [7, 11) is 2.93. The zero-order valence-electron chi connectivity index (χ0n) is 24.6. The normalized spacial score (nSPS) is 9.38. The van der Waals surface area contributed by atoms with Gasteiger partial charge in [-0.2, -0.15) is 0 Å². The van der Waals surface area contributed by atoms with Crippen LogP contribution in [0.25, 0.3) is 0 Å². The third-order valence-corrected chi connectivity index (χ3v) is 3.96. The number of methoxy groups -OCH3 is 2. The van der Waals surface area contributed by atoms with Gasteiger partial charge in [-0.3, -0.25) is 9.98 Å². The molecule has 0 fully saturated rings. The Morgan fingerprint density at radius 1 is 0.733 bits per heavy atom. The Labute approximate surface area is 298 Å². The second-order valence-electron chi connectivity index (χ2n) is 8.44. The van der Waals surface area contributed by atoms with E-state index in [1.807, 2.05) is 13.8 Å². The third kappa shape index (κ3) is 32.8. The van der Waals surface area contributed by atoms with Crippen molar-refractivity contribution >= 4 is 18.2 Å². The van der Waals surface area contributed by atoms with Crippen LogP contribution in [0.3, 0.4) is 0 Å². The molecule has 45 heavy (non-hydrogen) atoms. The van der Waals surface area contributed by atoms with Gasteiger partial charge in [-0.1, -0.05) is 49.6 Å². The van der Waals surface area contributed by atoms with Crippen LogP contribution in [-0.2, 0) is 21.9 Å². The van der Waals surface area contributed by atoms with E-state index in [4.69, 9.17) is 55.4 Å². The van der Waals surface area contributed by atoms with Crippen molar-refractivity contribution in [3.8, 4) is 23.0 Å². The molecule has 0 saturated heterocycles. The maximum atomic E-state index is 12.1. The molecule has 0 saturated carbocycles. The Balaban J connectivity index is -0.000000246. The second-order valence-corrected chi connectivity index (χ2v) is 8.44. The number of Topliss-reactive ketones (excluding diaryl/α,β-unsaturated/α-hetero) is 1. The second kappa shape index (κ2) is 28.8. The number of benzene rings is 2. The number of ketones is 1. The molecule has 2 aromatic rings. The van der Waals surface area contributed by atoms with E-state index in [1.54, 1.807) is 48.8 Å². The summed E-state index contributed by atoms with van der Waals surface area (Å²) >= 11 is 0. The summed E-state index contributed by atoms with van der Waals surface area (Å²) in [5.74, 6) is 0.408. The van der Waals surface area contributed by atoms with Gasteiger partial charge in [0.1, 0.15) is 17.3 Å². The maximum absolute atomic E-state index is 12.1. The fourth-order valence-electron chi connectivity index (χ4n) is 2.42. The molecule has 21 heteroatoms. The Morgan fingerprint density at radius 3 is 1.20 bits per heavy atom. The summed E-state index contributed by atoms with van der Waals surface area (Å²) < 4.78 is 10.1. The van der Waals surface area contributed by atoms with E-state index in [2.05, 4.69) is 9.98 Å². The van der Waals surface area contributed by atoms with Crippen LogP contribution in [0, 0.1) is 89.6 Å². The number of aliphatic imine (C=N–C) groups is 2. The Morgan fingerprint density at radius 2 is 0.978 bits per heavy atom. The molecule has 0 heterocycles. The molecule has 0 aromatic heterocycles. The van der Waals surface area contributed by atoms with Crippen molar-refractivity contribution in [1.82, 2.24) is 0 Å². The topological polar surface area (TPSA) is 305 Å². The number of hydrogen-bond donors (Lipinski definition) is 0. The van der Waals surface area contributed by atoms with Crippen LogP contribution in [0.15, 0.2) is 46.4 Å². The van der Waals surface area contributed by atoms with Crippen LogP contribution in [0.5, 0.6) is 23.0 Å². The summed E-state index contributed by atoms with van der Waals surface area (Å²) in [5.41, 5.74) is 0.749. The van der Waals surface area contributed by atoms with Gasteiger partial charge in [0.25, 0.3) is 0 Å². The summed E-state index contributed by atoms with van der Waals surface area (Å²) in [6, 6.07) is 10.2. The maximum Gasteiger partial charge on any atom is 3.00 e. The van der Waals surface area contributed by atoms with Crippen molar-refractivity contribution in [3.05, 3.63) is 93.5 Å². The SMILES string of the molecule is CC(C)=O.COc1cccc(C=NCC(C)(C)CN=Cc2cccc(OC)c2[O-])c1[O-].O=[N+]([O-])[O-].O=[N+]([O-])[O-].O=[N+]([O-])[O-].[Cu+2].[Dy+3]. The van der Waals surface area contributed by atoms with Crippen LogP contribution in [0.1, 0.15) is 38.8 Å². The fourth-order valence-corrected chi connectivity index (χ4v) is 2.42. The fraction of sp³-hybridized carbons (Fsp3) is 0.375. The largest absolute Gasteiger partial charge is 3.00 e. The molecule has 2 rings (SSSR count). The monoisotopic (exact) mass is 839 g/mol. The van der Waals surface area contributed by atoms with Gasteiger partial charge in [-0.15, -0.1) is 0 Å². The van der Waals surface area contributed by atoms with Gasteiger partial charge in [0.05, 0.1) is 29.5 Å². The molecule has 0 aliphatic heterocycles. The first kappa shape index (κ1) is 50.7. The summed E-state index contributed by atoms with van der Waals surface area (Å²) in [4.78, 5) is 43.0. The number of ether oxygens (including phenoxy) is 2. The molecule has 0 unspecified atom stereocenters. The quantitative estimate of drug-likeness (QED) is 0.159. The van der Waals surface area contributed by atoms with E-state index < -0.39 is 15.3 Å². The molecule has 0 aliphatic rings. The van der Waals surface area contributed by atoms with Crippen LogP contribution in [0.4, 0.5) is 0 Å². The first-order valence-electron chi connectivity index (χ1n) is 11.4. The van der Waals surface area contributed by atoms with Gasteiger partial charge < -0.3 is 70.4 Å². The number of hydrogen-bond acceptors (Lipinski definition) is 16. The number of rotatable bonds is 8. The molecule has 2 aromatic carbocycles. The Hall–Kier alpha value is -3.96. The number of carbonyl (C=O) groups excluding carboxylic acids is 1. The molecule has 0 aliphatic carbocycles. The van der Waals surface area contributed by atoms with Crippen molar-refractivity contribution in [2.45, 2.75) is 27.7 Å². The van der Waals surface area contributed by atoms with E-state index in [9.17, 15) is 15.0 Å². The minimum absolute atomic E-state index is 0. The molecule has 0 atom stereocenters. The predicted molar refractivity (Wildman–Crippen MR) is 151 cm³/mol. The zero-order valence-corrected chi connectivity index (χ0v) is 27.6. The third-order valence-electron chi connectivity index (χ3n) is 3.96. The van der Waals surface area contributed by atoms with Gasteiger partial charge in [0.2, 0.25) is 0 Å². The average molecular weight is 839 g/mol. The van der Waals surface area contributed by atoms with Crippen LogP contribution >= 0.6 is 0 Å². The van der Waals surface area contributed by atoms with Gasteiger partial charge in [0.15, 0.2) is 0 Å². The van der Waals surface area contributed by atoms with Crippen LogP contribution in [-0.4, -0.2) is 60.8 Å². The minimum Gasteiger partial charge on any atom is -0.870 e. The Kier molecular flexibility index (Phi) is 32.4. The van der Waals surface area contributed by atoms with E-state index in [0.717, 1.165) is 0 Å². The number of carbonyl (C=O) groups is 1. The number of para-hydroxylation sites is 2. The standard InChI is InChI=1S/C21H26N2O4.C3H6O.Cu.Dy.3NO3/c1-21(2,13-22-11-15-7-5-9-17(26-3)19(15)24)14-23-12-16-8-6-10-18(27-4)20(16)25;1-3(2)4;;;3*2-1(3)4/h5-12,24-25H,13-14H2,1-4H3;1-2H3;;;;;/q;;+2;+3;3*-1/p-2. The van der Waals surface area contributed by atoms with Crippen molar-refractivity contribution in [1.29, 1.82) is 0 Å². The van der Waals surface area contributed by atoms with E-state index >= 15 is 0 Å². The molecule has 0 bridgehead atoms. The molecule has 0 spiro atoms. The first-order chi connectivity index (χ1) is 19.8. The van der Waals surface area contributed by atoms with Crippen molar-refractivity contribution in [2.24, 2.45) is 15.4 Å². The molecule has 256 valence electrons. The molecule has 19 nitrogen and oxygen atoms in total. The summed E-state index contributed by atoms with van der Waals surface area (Å²) in [6.45, 7) is 8.08. The van der Waals surface area contributed by atoms with Gasteiger partial charge >= 0.3 is 55.2 Å². The van der Waals surface area contributed by atoms with Gasteiger partial charge in [-0.05, 0) is 37.1 Å². The van der Waals surface area contributed by atoms with Gasteiger partial charge in [-0.25, -0.2) is 0 Å². The average Bonchev–Trinajstić information content (AvgIpc) is 2.84. The zero-order chi connectivity index (χ0) is 34.2. The Bertz CT molecular complexity index is 1100. The van der Waals surface area contributed by atoms with Crippen molar-refractivity contribution in [2.75, 3.05) is 27.3 Å². The minimum atomic E-state index is -1.75. The molecule has 0 N–H and O–H groups in total. The molecular weight excluding hydrogens is 808 g/mol. The summed E-state index contributed by atoms with van der Waals surface area (Å²) in [6.07, 6.45) is 3.13. The van der Waals surface area contributed by atoms with E-state index in [-0.39, 0.29) is 77.9 Å². The van der Waals surface area contributed by atoms with Crippen LogP contribution < -0.4 is 19.7 Å².